The minimum atomic E-state index is -0.352. The number of hydrogen-bond donors (Lipinski definition) is 2. The van der Waals surface area contributed by atoms with Crippen LogP contribution in [0, 0.1) is 12.8 Å². The van der Waals surface area contributed by atoms with Gasteiger partial charge in [-0.1, -0.05) is 24.2 Å². The van der Waals surface area contributed by atoms with Crippen molar-refractivity contribution in [1.29, 1.82) is 0 Å². The number of nitrogens with one attached hydrogen (secondary N) is 2. The maximum Gasteiger partial charge on any atom is 0.315 e. The van der Waals surface area contributed by atoms with Crippen LogP contribution in [-0.2, 0) is 11.3 Å². The highest BCUT2D eigenvalue weighted by Crippen LogP contribution is 2.29. The Morgan fingerprint density at radius 2 is 2.04 bits per heavy atom. The molecule has 0 radical (unpaired) electrons. The lowest BCUT2D eigenvalue weighted by Crippen LogP contribution is -2.41. The van der Waals surface area contributed by atoms with E-state index in [0.717, 1.165) is 18.5 Å². The highest BCUT2D eigenvalue weighted by atomic mass is 16.5. The molecule has 1 saturated heterocycles. The highest BCUT2D eigenvalue weighted by Gasteiger charge is 2.31. The predicted molar refractivity (Wildman–Crippen MR) is 91.3 cm³/mol. The Morgan fingerprint density at radius 3 is 2.65 bits per heavy atom. The summed E-state index contributed by atoms with van der Waals surface area (Å²) >= 11 is 0. The van der Waals surface area contributed by atoms with Gasteiger partial charge in [-0.3, -0.25) is 0 Å². The van der Waals surface area contributed by atoms with E-state index in [-0.39, 0.29) is 30.5 Å². The number of aryl methyl sites for hydroxylation is 1. The van der Waals surface area contributed by atoms with Gasteiger partial charge < -0.3 is 24.4 Å². The Balaban J connectivity index is 1.66. The van der Waals surface area contributed by atoms with Gasteiger partial charge in [0.1, 0.15) is 6.04 Å². The molecule has 1 unspecified atom stereocenters. The summed E-state index contributed by atoms with van der Waals surface area (Å²) in [7, 11) is 0. The number of carbonyl (C=O) groups is 1. The summed E-state index contributed by atoms with van der Waals surface area (Å²) in [5.74, 6) is 2.01. The molecular weight excluding hydrogens is 338 g/mol. The minimum absolute atomic E-state index is 0.159. The minimum Gasteiger partial charge on any atom is -0.381 e. The van der Waals surface area contributed by atoms with Gasteiger partial charge in [-0.05, 0) is 25.7 Å². The zero-order valence-electron chi connectivity index (χ0n) is 15.3. The number of ether oxygens (including phenoxy) is 1. The van der Waals surface area contributed by atoms with E-state index in [9.17, 15) is 4.79 Å². The smallest absolute Gasteiger partial charge is 0.315 e. The number of nitrogens with zero attached hydrogens (tertiary/aromatic N) is 3. The summed E-state index contributed by atoms with van der Waals surface area (Å²) in [6, 6.07) is 1.11. The first-order valence-electron chi connectivity index (χ1n) is 8.90. The molecule has 3 rings (SSSR count). The summed E-state index contributed by atoms with van der Waals surface area (Å²) in [6.07, 6.45) is 1.65. The van der Waals surface area contributed by atoms with E-state index < -0.39 is 0 Å². The Morgan fingerprint density at radius 1 is 1.27 bits per heavy atom. The lowest BCUT2D eigenvalue weighted by atomic mass is 9.91. The molecule has 9 nitrogen and oxygen atoms in total. The first-order valence-corrected chi connectivity index (χ1v) is 8.90. The molecule has 1 aliphatic heterocycles. The van der Waals surface area contributed by atoms with Crippen molar-refractivity contribution in [3.05, 3.63) is 29.2 Å². The van der Waals surface area contributed by atoms with Crippen LogP contribution in [0.15, 0.2) is 15.1 Å². The molecule has 3 heterocycles. The molecular formula is C17H25N5O4. The van der Waals surface area contributed by atoms with Crippen LogP contribution in [0.1, 0.15) is 61.8 Å². The van der Waals surface area contributed by atoms with Gasteiger partial charge in [-0.25, -0.2) is 4.79 Å². The Bertz CT molecular complexity index is 720. The summed E-state index contributed by atoms with van der Waals surface area (Å²) in [5.41, 5.74) is 0.773. The van der Waals surface area contributed by atoms with E-state index in [4.69, 9.17) is 13.8 Å². The summed E-state index contributed by atoms with van der Waals surface area (Å²) < 4.78 is 16.0. The van der Waals surface area contributed by atoms with Gasteiger partial charge in [0.2, 0.25) is 5.89 Å². The molecule has 1 atom stereocenters. The van der Waals surface area contributed by atoms with Gasteiger partial charge in [-0.2, -0.15) is 4.98 Å². The fourth-order valence-electron chi connectivity index (χ4n) is 2.90. The lowest BCUT2D eigenvalue weighted by molar-refractivity contribution is 0.0503. The van der Waals surface area contributed by atoms with Crippen LogP contribution >= 0.6 is 0 Å². The van der Waals surface area contributed by atoms with Crippen molar-refractivity contribution in [1.82, 2.24) is 25.9 Å². The molecule has 0 spiro atoms. The Kier molecular flexibility index (Phi) is 5.87. The molecule has 0 bridgehead atoms. The van der Waals surface area contributed by atoms with Crippen molar-refractivity contribution in [3.8, 4) is 0 Å². The van der Waals surface area contributed by atoms with Gasteiger partial charge in [0.25, 0.3) is 0 Å². The van der Waals surface area contributed by atoms with E-state index in [1.807, 2.05) is 20.8 Å². The zero-order chi connectivity index (χ0) is 18.5. The normalized spacial score (nSPS) is 16.6. The van der Waals surface area contributed by atoms with Gasteiger partial charge in [0, 0.05) is 25.2 Å². The molecule has 1 aliphatic rings. The third-order valence-electron chi connectivity index (χ3n) is 4.36. The standard InChI is InChI=1S/C17H25N5O4/c1-10(2)15-20-16(26-22-15)14(12-4-6-24-7-5-12)19-17(23)18-9-13-8-11(3)21-25-13/h8,10,12,14H,4-7,9H2,1-3H3,(H2,18,19,23). The molecule has 1 fully saturated rings. The molecule has 2 aromatic rings. The lowest BCUT2D eigenvalue weighted by Gasteiger charge is -2.28. The van der Waals surface area contributed by atoms with Crippen molar-refractivity contribution in [2.45, 2.75) is 52.1 Å². The van der Waals surface area contributed by atoms with Gasteiger partial charge in [0.15, 0.2) is 11.6 Å². The van der Waals surface area contributed by atoms with Crippen molar-refractivity contribution >= 4 is 6.03 Å². The van der Waals surface area contributed by atoms with Crippen LogP contribution in [0.4, 0.5) is 4.79 Å². The number of aromatic nitrogens is 3. The average Bonchev–Trinajstić information content (AvgIpc) is 3.28. The van der Waals surface area contributed by atoms with E-state index >= 15 is 0 Å². The van der Waals surface area contributed by atoms with E-state index in [1.54, 1.807) is 6.07 Å². The molecule has 0 saturated carbocycles. The molecule has 2 N–H and O–H groups in total. The average molecular weight is 363 g/mol. The topological polar surface area (TPSA) is 115 Å². The predicted octanol–water partition coefficient (Wildman–Crippen LogP) is 2.46. The number of amides is 2. The highest BCUT2D eigenvalue weighted by molar-refractivity contribution is 5.74. The number of hydrogen-bond acceptors (Lipinski definition) is 7. The molecule has 142 valence electrons. The maximum atomic E-state index is 12.4. The largest absolute Gasteiger partial charge is 0.381 e. The molecule has 0 aliphatic carbocycles. The number of urea groups is 1. The van der Waals surface area contributed by atoms with Crippen LogP contribution in [0.2, 0.25) is 0 Å². The second-order valence-corrected chi connectivity index (χ2v) is 6.83. The first kappa shape index (κ1) is 18.4. The molecule has 2 aromatic heterocycles. The monoisotopic (exact) mass is 363 g/mol. The van der Waals surface area contributed by atoms with Crippen LogP contribution < -0.4 is 10.6 Å². The van der Waals surface area contributed by atoms with E-state index in [1.165, 1.54) is 0 Å². The molecule has 26 heavy (non-hydrogen) atoms. The second-order valence-electron chi connectivity index (χ2n) is 6.83. The van der Waals surface area contributed by atoms with Crippen molar-refractivity contribution in [3.63, 3.8) is 0 Å². The summed E-state index contributed by atoms with van der Waals surface area (Å²) in [6.45, 7) is 7.40. The fraction of sp³-hybridized carbons (Fsp3) is 0.647. The van der Waals surface area contributed by atoms with Crippen LogP contribution in [-0.4, -0.2) is 34.5 Å². The SMILES string of the molecule is Cc1cc(CNC(=O)NC(c2nc(C(C)C)no2)C2CCOCC2)on1. The van der Waals surface area contributed by atoms with Gasteiger partial charge in [0.05, 0.1) is 12.2 Å². The third-order valence-corrected chi connectivity index (χ3v) is 4.36. The quantitative estimate of drug-likeness (QED) is 0.810. The van der Waals surface area contributed by atoms with Gasteiger partial charge >= 0.3 is 6.03 Å². The van der Waals surface area contributed by atoms with Crippen LogP contribution in [0.5, 0.6) is 0 Å². The maximum absolute atomic E-state index is 12.4. The summed E-state index contributed by atoms with van der Waals surface area (Å²) in [5, 5.41) is 13.6. The Labute approximate surface area is 151 Å². The van der Waals surface area contributed by atoms with Gasteiger partial charge in [-0.15, -0.1) is 0 Å². The second kappa shape index (κ2) is 8.31. The molecule has 2 amide bonds. The first-order chi connectivity index (χ1) is 12.5. The fourth-order valence-corrected chi connectivity index (χ4v) is 2.90. The molecule has 9 heteroatoms. The number of carbonyl (C=O) groups excluding carboxylic acids is 1. The Hall–Kier alpha value is -2.42. The molecule has 0 aromatic carbocycles. The van der Waals surface area contributed by atoms with E-state index in [0.29, 0.717) is 30.7 Å². The van der Waals surface area contributed by atoms with Crippen LogP contribution in [0.25, 0.3) is 0 Å². The van der Waals surface area contributed by atoms with E-state index in [2.05, 4.69) is 25.9 Å². The number of rotatable bonds is 6. The zero-order valence-corrected chi connectivity index (χ0v) is 15.3. The third kappa shape index (κ3) is 4.60. The summed E-state index contributed by atoms with van der Waals surface area (Å²) in [4.78, 5) is 16.9. The van der Waals surface area contributed by atoms with Crippen molar-refractivity contribution in [2.75, 3.05) is 13.2 Å². The van der Waals surface area contributed by atoms with Crippen molar-refractivity contribution < 1.29 is 18.6 Å². The van der Waals surface area contributed by atoms with Crippen LogP contribution in [0.3, 0.4) is 0 Å². The van der Waals surface area contributed by atoms with Crippen molar-refractivity contribution in [2.24, 2.45) is 5.92 Å².